The Labute approximate surface area is 104 Å². The van der Waals surface area contributed by atoms with Crippen molar-refractivity contribution in [3.63, 3.8) is 0 Å². The summed E-state index contributed by atoms with van der Waals surface area (Å²) in [5.74, 6) is -3.94. The smallest absolute Gasteiger partial charge is 0.196 e. The number of aromatic nitrogens is 1. The van der Waals surface area contributed by atoms with Crippen molar-refractivity contribution in [2.45, 2.75) is 6.54 Å². The first-order valence-corrected chi connectivity index (χ1v) is 5.75. The molecule has 0 bridgehead atoms. The monoisotopic (exact) mass is 278 g/mol. The number of halogens is 4. The predicted molar refractivity (Wildman–Crippen MR) is 60.8 cm³/mol. The van der Waals surface area contributed by atoms with E-state index in [9.17, 15) is 13.2 Å². The molecular formula is C10H6ClF3N2S. The van der Waals surface area contributed by atoms with E-state index >= 15 is 0 Å². The molecule has 0 aliphatic carbocycles. The van der Waals surface area contributed by atoms with Crippen LogP contribution in [0.5, 0.6) is 0 Å². The van der Waals surface area contributed by atoms with Crippen molar-refractivity contribution in [2.24, 2.45) is 0 Å². The molecular weight excluding hydrogens is 273 g/mol. The zero-order chi connectivity index (χ0) is 12.4. The van der Waals surface area contributed by atoms with E-state index in [0.717, 1.165) is 17.0 Å². The van der Waals surface area contributed by atoms with Gasteiger partial charge in [-0.2, -0.15) is 0 Å². The van der Waals surface area contributed by atoms with Gasteiger partial charge in [0.1, 0.15) is 0 Å². The van der Waals surface area contributed by atoms with Gasteiger partial charge in [0, 0.05) is 11.1 Å². The molecule has 0 fully saturated rings. The molecule has 0 atom stereocenters. The molecule has 1 heterocycles. The first kappa shape index (κ1) is 12.2. The van der Waals surface area contributed by atoms with Gasteiger partial charge in [-0.05, 0) is 12.1 Å². The lowest BCUT2D eigenvalue weighted by Crippen LogP contribution is -2.02. The van der Waals surface area contributed by atoms with Crippen LogP contribution in [-0.2, 0) is 6.54 Å². The number of thiazole rings is 1. The van der Waals surface area contributed by atoms with Gasteiger partial charge in [0.15, 0.2) is 21.9 Å². The van der Waals surface area contributed by atoms with Gasteiger partial charge < -0.3 is 5.32 Å². The van der Waals surface area contributed by atoms with Crippen molar-refractivity contribution >= 4 is 28.6 Å². The van der Waals surface area contributed by atoms with Gasteiger partial charge >= 0.3 is 0 Å². The van der Waals surface area contributed by atoms with Crippen molar-refractivity contribution in [2.75, 3.05) is 5.32 Å². The third-order valence-electron chi connectivity index (χ3n) is 2.01. The number of benzene rings is 1. The molecule has 2 aromatic rings. The van der Waals surface area contributed by atoms with E-state index in [-0.39, 0.29) is 12.2 Å². The molecule has 0 radical (unpaired) electrons. The summed E-state index contributed by atoms with van der Waals surface area (Å²) in [6.45, 7) is 0.242. The fourth-order valence-corrected chi connectivity index (χ4v) is 2.13. The maximum absolute atomic E-state index is 13.3. The highest BCUT2D eigenvalue weighted by Gasteiger charge is 2.13. The van der Waals surface area contributed by atoms with Crippen LogP contribution < -0.4 is 5.32 Å². The Hall–Kier alpha value is -1.27. The van der Waals surface area contributed by atoms with Gasteiger partial charge in [-0.15, -0.1) is 11.3 Å². The number of nitrogens with zero attached hydrogens (tertiary/aromatic N) is 1. The topological polar surface area (TPSA) is 24.9 Å². The summed E-state index contributed by atoms with van der Waals surface area (Å²) in [4.78, 5) is 4.56. The fourth-order valence-electron chi connectivity index (χ4n) is 1.21. The Balaban J connectivity index is 2.12. The molecule has 0 unspecified atom stereocenters. The Kier molecular flexibility index (Phi) is 3.54. The summed E-state index contributed by atoms with van der Waals surface area (Å²) in [7, 11) is 0. The summed E-state index contributed by atoms with van der Waals surface area (Å²) < 4.78 is 39.2. The van der Waals surface area contributed by atoms with Crippen molar-refractivity contribution < 1.29 is 13.2 Å². The number of hydrogen-bond acceptors (Lipinski definition) is 3. The van der Waals surface area contributed by atoms with Crippen LogP contribution in [0.1, 0.15) is 4.88 Å². The largest absolute Gasteiger partial charge is 0.378 e. The van der Waals surface area contributed by atoms with E-state index in [1.807, 2.05) is 0 Å². The zero-order valence-corrected chi connectivity index (χ0v) is 9.88. The van der Waals surface area contributed by atoms with Crippen molar-refractivity contribution in [1.29, 1.82) is 0 Å². The summed E-state index contributed by atoms with van der Waals surface area (Å²) >= 11 is 6.84. The number of rotatable bonds is 3. The molecule has 2 nitrogen and oxygen atoms in total. The van der Waals surface area contributed by atoms with Crippen LogP contribution in [0.25, 0.3) is 0 Å². The molecule has 0 amide bonds. The number of hydrogen-bond donors (Lipinski definition) is 1. The maximum atomic E-state index is 13.3. The summed E-state index contributed by atoms with van der Waals surface area (Å²) in [5.41, 5.74) is -0.103. The van der Waals surface area contributed by atoms with Crippen LogP contribution in [0.4, 0.5) is 18.9 Å². The number of nitrogens with one attached hydrogen (secondary N) is 1. The highest BCUT2D eigenvalue weighted by molar-refractivity contribution is 7.15. The fraction of sp³-hybridized carbons (Fsp3) is 0.100. The Morgan fingerprint density at radius 3 is 2.65 bits per heavy atom. The minimum Gasteiger partial charge on any atom is -0.378 e. The van der Waals surface area contributed by atoms with Crippen LogP contribution in [0.3, 0.4) is 0 Å². The summed E-state index contributed by atoms with van der Waals surface area (Å²) in [6, 6.07) is 2.00. The van der Waals surface area contributed by atoms with Crippen LogP contribution in [0.15, 0.2) is 18.3 Å². The lowest BCUT2D eigenvalue weighted by atomic mass is 10.3. The second kappa shape index (κ2) is 4.93. The lowest BCUT2D eigenvalue weighted by molar-refractivity contribution is 0.449. The normalized spacial score (nSPS) is 10.6. The SMILES string of the molecule is Fc1ccc(NCc2cnc(Cl)s2)c(F)c1F. The first-order chi connectivity index (χ1) is 8.08. The van der Waals surface area contributed by atoms with Crippen LogP contribution in [0, 0.1) is 17.5 Å². The third kappa shape index (κ3) is 2.70. The van der Waals surface area contributed by atoms with Gasteiger partial charge in [-0.1, -0.05) is 11.6 Å². The van der Waals surface area contributed by atoms with Crippen molar-refractivity contribution in [3.8, 4) is 0 Å². The molecule has 17 heavy (non-hydrogen) atoms. The molecule has 0 aliphatic heterocycles. The number of anilines is 1. The van der Waals surface area contributed by atoms with E-state index in [1.165, 1.54) is 17.5 Å². The second-order valence-electron chi connectivity index (χ2n) is 3.16. The molecule has 1 aromatic heterocycles. The minimum atomic E-state index is -1.49. The summed E-state index contributed by atoms with van der Waals surface area (Å²) in [6.07, 6.45) is 1.53. The molecule has 0 saturated carbocycles. The third-order valence-corrected chi connectivity index (χ3v) is 3.13. The molecule has 0 spiro atoms. The van der Waals surface area contributed by atoms with E-state index in [4.69, 9.17) is 11.6 Å². The van der Waals surface area contributed by atoms with E-state index < -0.39 is 17.5 Å². The molecule has 7 heteroatoms. The highest BCUT2D eigenvalue weighted by Crippen LogP contribution is 2.22. The molecule has 2 rings (SSSR count). The molecule has 0 aliphatic rings. The van der Waals surface area contributed by atoms with Crippen LogP contribution in [-0.4, -0.2) is 4.98 Å². The zero-order valence-electron chi connectivity index (χ0n) is 8.31. The first-order valence-electron chi connectivity index (χ1n) is 4.55. The van der Waals surface area contributed by atoms with Crippen molar-refractivity contribution in [3.05, 3.63) is 45.1 Å². The van der Waals surface area contributed by atoms with E-state index in [1.54, 1.807) is 0 Å². The van der Waals surface area contributed by atoms with E-state index in [2.05, 4.69) is 10.3 Å². The predicted octanol–water partition coefficient (Wildman–Crippen LogP) is 3.83. The molecule has 90 valence electrons. The molecule has 1 N–H and O–H groups in total. The average Bonchev–Trinajstić information content (AvgIpc) is 2.71. The lowest BCUT2D eigenvalue weighted by Gasteiger charge is -2.06. The maximum Gasteiger partial charge on any atom is 0.196 e. The van der Waals surface area contributed by atoms with E-state index in [0.29, 0.717) is 4.47 Å². The Morgan fingerprint density at radius 2 is 2.00 bits per heavy atom. The Morgan fingerprint density at radius 1 is 1.24 bits per heavy atom. The average molecular weight is 279 g/mol. The van der Waals surface area contributed by atoms with Gasteiger partial charge in [-0.25, -0.2) is 18.2 Å². The standard InChI is InChI=1S/C10H6ClF3N2S/c11-10-16-4-5(17-10)3-15-7-2-1-6(12)8(13)9(7)14/h1-2,4,15H,3H2. The van der Waals surface area contributed by atoms with Crippen LogP contribution >= 0.6 is 22.9 Å². The van der Waals surface area contributed by atoms with Gasteiger partial charge in [0.2, 0.25) is 0 Å². The van der Waals surface area contributed by atoms with Gasteiger partial charge in [0.25, 0.3) is 0 Å². The van der Waals surface area contributed by atoms with Gasteiger partial charge in [0.05, 0.1) is 12.2 Å². The molecule has 1 aromatic carbocycles. The Bertz CT molecular complexity index is 544. The van der Waals surface area contributed by atoms with Gasteiger partial charge in [-0.3, -0.25) is 0 Å². The summed E-state index contributed by atoms with van der Waals surface area (Å²) in [5, 5.41) is 2.64. The molecule has 0 saturated heterocycles. The minimum absolute atomic E-state index is 0.103. The van der Waals surface area contributed by atoms with Crippen LogP contribution in [0.2, 0.25) is 4.47 Å². The second-order valence-corrected chi connectivity index (χ2v) is 4.85. The van der Waals surface area contributed by atoms with Crippen molar-refractivity contribution in [1.82, 2.24) is 4.98 Å². The quantitative estimate of drug-likeness (QED) is 0.863. The highest BCUT2D eigenvalue weighted by atomic mass is 35.5.